The van der Waals surface area contributed by atoms with Crippen molar-refractivity contribution in [2.75, 3.05) is 7.11 Å². The van der Waals surface area contributed by atoms with Gasteiger partial charge in [-0.15, -0.1) is 0 Å². The monoisotopic (exact) mass is 448 g/mol. The predicted molar refractivity (Wildman–Crippen MR) is 119 cm³/mol. The van der Waals surface area contributed by atoms with Crippen LogP contribution in [0.1, 0.15) is 47.2 Å². The molecule has 9 heteroatoms. The van der Waals surface area contributed by atoms with Gasteiger partial charge in [-0.05, 0) is 49.6 Å². The van der Waals surface area contributed by atoms with Gasteiger partial charge in [-0.1, -0.05) is 12.1 Å². The molecule has 4 aromatic rings. The first-order chi connectivity index (χ1) is 16.0. The number of halogens is 2. The first-order valence-electron chi connectivity index (χ1n) is 10.6. The van der Waals surface area contributed by atoms with E-state index in [1.165, 1.54) is 6.07 Å². The minimum atomic E-state index is -0.847. The fraction of sp³-hybridized carbons (Fsp3) is 0.250. The minimum absolute atomic E-state index is 0.318. The summed E-state index contributed by atoms with van der Waals surface area (Å²) in [4.78, 5) is 13.3. The molecule has 33 heavy (non-hydrogen) atoms. The van der Waals surface area contributed by atoms with Crippen LogP contribution in [0.5, 0.6) is 5.75 Å². The molecular weight excluding hydrogens is 426 g/mol. The average molecular weight is 448 g/mol. The van der Waals surface area contributed by atoms with E-state index >= 15 is 0 Å². The van der Waals surface area contributed by atoms with Crippen molar-refractivity contribution < 1.29 is 13.5 Å². The highest BCUT2D eigenvalue weighted by atomic mass is 19.2. The number of pyridine rings is 1. The van der Waals surface area contributed by atoms with Gasteiger partial charge in [0.25, 0.3) is 0 Å². The van der Waals surface area contributed by atoms with Crippen LogP contribution in [0.25, 0.3) is 18.0 Å². The molecule has 0 N–H and O–H groups in total. The lowest BCUT2D eigenvalue weighted by Gasteiger charge is -2.22. The highest BCUT2D eigenvalue weighted by Gasteiger charge is 2.28. The van der Waals surface area contributed by atoms with E-state index in [2.05, 4.69) is 20.1 Å². The second-order valence-electron chi connectivity index (χ2n) is 7.94. The van der Waals surface area contributed by atoms with E-state index in [4.69, 9.17) is 4.74 Å². The van der Waals surface area contributed by atoms with Crippen LogP contribution in [0.2, 0.25) is 0 Å². The van der Waals surface area contributed by atoms with Crippen LogP contribution in [-0.2, 0) is 6.54 Å². The van der Waals surface area contributed by atoms with Gasteiger partial charge in [-0.2, -0.15) is 5.10 Å². The molecule has 1 aromatic carbocycles. The maximum atomic E-state index is 14.4. The molecule has 7 nitrogen and oxygen atoms in total. The number of nitrogens with zero attached hydrogens (tertiary/aromatic N) is 6. The number of rotatable bonds is 5. The molecule has 1 aliphatic rings. The van der Waals surface area contributed by atoms with Gasteiger partial charge < -0.3 is 4.74 Å². The van der Waals surface area contributed by atoms with Crippen LogP contribution in [0, 0.1) is 18.6 Å². The maximum Gasteiger partial charge on any atom is 0.180 e. The number of imidazole rings is 1. The van der Waals surface area contributed by atoms with E-state index in [1.807, 2.05) is 25.3 Å². The van der Waals surface area contributed by atoms with E-state index in [9.17, 15) is 8.78 Å². The van der Waals surface area contributed by atoms with Gasteiger partial charge in [0.2, 0.25) is 0 Å². The fourth-order valence-corrected chi connectivity index (χ4v) is 4.12. The molecule has 0 amide bonds. The van der Waals surface area contributed by atoms with Crippen molar-refractivity contribution in [3.8, 4) is 11.6 Å². The van der Waals surface area contributed by atoms with Gasteiger partial charge in [-0.3, -0.25) is 4.57 Å². The Kier molecular flexibility index (Phi) is 5.45. The SMILES string of the molecule is COc1cc(/C=C/c2nc3n(n2)CCC[C@@H]3c2cccc(F)c2F)cnc1-n1cnc(C)c1. The third kappa shape index (κ3) is 4.02. The zero-order valence-corrected chi connectivity index (χ0v) is 18.2. The largest absolute Gasteiger partial charge is 0.493 e. The summed E-state index contributed by atoms with van der Waals surface area (Å²) in [7, 11) is 1.59. The number of fused-ring (bicyclic) bond motifs is 1. The van der Waals surface area contributed by atoms with Crippen LogP contribution >= 0.6 is 0 Å². The summed E-state index contributed by atoms with van der Waals surface area (Å²) in [6.45, 7) is 2.60. The lowest BCUT2D eigenvalue weighted by atomic mass is 9.91. The highest BCUT2D eigenvalue weighted by Crippen LogP contribution is 2.34. The van der Waals surface area contributed by atoms with Gasteiger partial charge in [-0.25, -0.2) is 28.4 Å². The quantitative estimate of drug-likeness (QED) is 0.448. The zero-order valence-electron chi connectivity index (χ0n) is 18.2. The van der Waals surface area contributed by atoms with Gasteiger partial charge in [0.15, 0.2) is 29.0 Å². The standard InChI is InChI=1S/C24H22F2N6O/c1-15-13-31(14-28-15)24-20(33-2)11-16(12-27-24)8-9-21-29-23-18(6-4-10-32(23)30-21)17-5-3-7-19(25)22(17)26/h3,5,7-9,11-14,18H,4,6,10H2,1-2H3/b9-8+/t18-/m1/s1. The third-order valence-electron chi connectivity index (χ3n) is 5.70. The van der Waals surface area contributed by atoms with E-state index in [1.54, 1.807) is 41.0 Å². The Hall–Kier alpha value is -3.88. The molecule has 0 radical (unpaired) electrons. The topological polar surface area (TPSA) is 70.7 Å². The predicted octanol–water partition coefficient (Wildman–Crippen LogP) is 4.55. The number of benzene rings is 1. The van der Waals surface area contributed by atoms with Crippen LogP contribution < -0.4 is 4.74 Å². The smallest absolute Gasteiger partial charge is 0.180 e. The molecule has 0 spiro atoms. The van der Waals surface area contributed by atoms with Crippen molar-refractivity contribution >= 4 is 12.2 Å². The van der Waals surface area contributed by atoms with E-state index in [0.29, 0.717) is 41.7 Å². The van der Waals surface area contributed by atoms with E-state index in [0.717, 1.165) is 23.7 Å². The van der Waals surface area contributed by atoms with E-state index < -0.39 is 11.6 Å². The summed E-state index contributed by atoms with van der Waals surface area (Å²) in [6.07, 6.45) is 10.4. The number of ether oxygens (including phenoxy) is 1. The van der Waals surface area contributed by atoms with Crippen molar-refractivity contribution in [3.05, 3.63) is 83.1 Å². The molecule has 0 saturated heterocycles. The summed E-state index contributed by atoms with van der Waals surface area (Å²) >= 11 is 0. The van der Waals surface area contributed by atoms with Gasteiger partial charge >= 0.3 is 0 Å². The summed E-state index contributed by atoms with van der Waals surface area (Å²) in [5, 5.41) is 4.54. The molecule has 1 aliphatic heterocycles. The molecule has 0 aliphatic carbocycles. The Morgan fingerprint density at radius 2 is 2.06 bits per heavy atom. The summed E-state index contributed by atoms with van der Waals surface area (Å²) in [6, 6.07) is 6.14. The van der Waals surface area contributed by atoms with Gasteiger partial charge in [0.05, 0.1) is 12.8 Å². The van der Waals surface area contributed by atoms with Crippen molar-refractivity contribution in [2.24, 2.45) is 0 Å². The molecular formula is C24H22F2N6O. The number of aryl methyl sites for hydroxylation is 2. The van der Waals surface area contributed by atoms with Crippen LogP contribution in [0.4, 0.5) is 8.78 Å². The molecule has 0 unspecified atom stereocenters. The first-order valence-corrected chi connectivity index (χ1v) is 10.6. The lowest BCUT2D eigenvalue weighted by molar-refractivity contribution is 0.410. The zero-order chi connectivity index (χ0) is 22.9. The Bertz CT molecular complexity index is 1340. The van der Waals surface area contributed by atoms with Gasteiger partial charge in [0.1, 0.15) is 12.2 Å². The molecule has 0 fully saturated rings. The molecule has 168 valence electrons. The summed E-state index contributed by atoms with van der Waals surface area (Å²) in [5.74, 6) is 0.402. The number of aromatic nitrogens is 6. The number of hydrogen-bond donors (Lipinski definition) is 0. The molecule has 0 bridgehead atoms. The highest BCUT2D eigenvalue weighted by molar-refractivity contribution is 5.67. The van der Waals surface area contributed by atoms with Crippen molar-refractivity contribution in [2.45, 2.75) is 32.2 Å². The van der Waals surface area contributed by atoms with Gasteiger partial charge in [0, 0.05) is 30.4 Å². The van der Waals surface area contributed by atoms with Crippen LogP contribution in [-0.4, -0.2) is 36.4 Å². The molecule has 3 aromatic heterocycles. The Balaban J connectivity index is 1.42. The maximum absolute atomic E-state index is 14.4. The van der Waals surface area contributed by atoms with Crippen LogP contribution in [0.3, 0.4) is 0 Å². The fourth-order valence-electron chi connectivity index (χ4n) is 4.12. The minimum Gasteiger partial charge on any atom is -0.493 e. The second-order valence-corrected chi connectivity index (χ2v) is 7.94. The van der Waals surface area contributed by atoms with Crippen LogP contribution in [0.15, 0.2) is 43.0 Å². The molecule has 4 heterocycles. The average Bonchev–Trinajstić information content (AvgIpc) is 3.45. The number of hydrogen-bond acceptors (Lipinski definition) is 5. The summed E-state index contributed by atoms with van der Waals surface area (Å²) < 4.78 is 37.3. The van der Waals surface area contributed by atoms with Crippen molar-refractivity contribution in [3.63, 3.8) is 0 Å². The normalized spacial score (nSPS) is 15.7. The third-order valence-corrected chi connectivity index (χ3v) is 5.70. The lowest BCUT2D eigenvalue weighted by Crippen LogP contribution is -2.19. The molecule has 1 atom stereocenters. The first kappa shape index (κ1) is 21.0. The van der Waals surface area contributed by atoms with Crippen molar-refractivity contribution in [1.82, 2.24) is 29.3 Å². The Morgan fingerprint density at radius 1 is 1.18 bits per heavy atom. The second kappa shape index (κ2) is 8.57. The number of methoxy groups -OCH3 is 1. The molecule has 5 rings (SSSR count). The van der Waals surface area contributed by atoms with E-state index in [-0.39, 0.29) is 5.92 Å². The Morgan fingerprint density at radius 3 is 2.85 bits per heavy atom. The molecule has 0 saturated carbocycles. The Labute approximate surface area is 189 Å². The van der Waals surface area contributed by atoms with Crippen molar-refractivity contribution in [1.29, 1.82) is 0 Å². The summed E-state index contributed by atoms with van der Waals surface area (Å²) in [5.41, 5.74) is 2.01.